The molecule has 0 aromatic heterocycles. The molecule has 0 saturated heterocycles. The fourth-order valence-corrected chi connectivity index (χ4v) is 2.05. The molecule has 1 aromatic carbocycles. The number of halogens is 2. The maximum atomic E-state index is 13.8. The molecule has 0 aliphatic rings. The Bertz CT molecular complexity index is 417. The van der Waals surface area contributed by atoms with Gasteiger partial charge in [0.15, 0.2) is 0 Å². The number of nitrogens with one attached hydrogen (secondary N) is 1. The Morgan fingerprint density at radius 3 is 2.65 bits per heavy atom. The van der Waals surface area contributed by atoms with Crippen molar-refractivity contribution in [1.82, 2.24) is 5.32 Å². The van der Waals surface area contributed by atoms with Gasteiger partial charge in [-0.05, 0) is 63.9 Å². The van der Waals surface area contributed by atoms with Crippen LogP contribution in [0.1, 0.15) is 39.7 Å². The highest BCUT2D eigenvalue weighted by atomic mass is 35.5. The van der Waals surface area contributed by atoms with Gasteiger partial charge in [0.1, 0.15) is 5.82 Å². The Kier molecular flexibility index (Phi) is 6.93. The third-order valence-corrected chi connectivity index (χ3v) is 3.11. The summed E-state index contributed by atoms with van der Waals surface area (Å²) in [6.07, 6.45) is 1.60. The molecular weight excluding hydrogens is 277 g/mol. The quantitative estimate of drug-likeness (QED) is 0.815. The van der Waals surface area contributed by atoms with E-state index >= 15 is 0 Å². The minimum absolute atomic E-state index is 0.0853. The fraction of sp³-hybridized carbons (Fsp3) is 0.625. The van der Waals surface area contributed by atoms with Gasteiger partial charge in [-0.3, -0.25) is 0 Å². The topological polar surface area (TPSA) is 21.3 Å². The van der Waals surface area contributed by atoms with E-state index in [1.54, 1.807) is 12.1 Å². The second kappa shape index (κ2) is 7.96. The summed E-state index contributed by atoms with van der Waals surface area (Å²) in [6.45, 7) is 9.60. The second-order valence-electron chi connectivity index (χ2n) is 6.01. The lowest BCUT2D eigenvalue weighted by Gasteiger charge is -2.25. The van der Waals surface area contributed by atoms with Gasteiger partial charge in [0.05, 0.1) is 12.2 Å². The van der Waals surface area contributed by atoms with Crippen LogP contribution < -0.4 is 5.32 Å². The van der Waals surface area contributed by atoms with Crippen LogP contribution in [0.15, 0.2) is 18.2 Å². The molecule has 0 bridgehead atoms. The molecule has 2 nitrogen and oxygen atoms in total. The first-order valence-electron chi connectivity index (χ1n) is 7.13. The SMILES string of the molecule is CCCNC(COC(C)(C)C)Cc1cc(Cl)ccc1F. The molecule has 1 aromatic rings. The average molecular weight is 302 g/mol. The maximum Gasteiger partial charge on any atom is 0.126 e. The highest BCUT2D eigenvalue weighted by Crippen LogP contribution is 2.17. The zero-order valence-electron chi connectivity index (χ0n) is 12.8. The molecular formula is C16H25ClFNO. The van der Waals surface area contributed by atoms with Crippen LogP contribution in [0.25, 0.3) is 0 Å². The third kappa shape index (κ3) is 6.69. The summed E-state index contributed by atoms with van der Waals surface area (Å²) in [5, 5.41) is 3.96. The standard InChI is InChI=1S/C16H25ClFNO/c1-5-8-19-14(11-20-16(2,3)4)10-12-9-13(17)6-7-15(12)18/h6-7,9,14,19H,5,8,10-11H2,1-4H3. The van der Waals surface area contributed by atoms with E-state index in [4.69, 9.17) is 16.3 Å². The van der Waals surface area contributed by atoms with Crippen molar-refractivity contribution in [3.8, 4) is 0 Å². The van der Waals surface area contributed by atoms with E-state index in [0.29, 0.717) is 23.6 Å². The summed E-state index contributed by atoms with van der Waals surface area (Å²) in [5.74, 6) is -0.214. The van der Waals surface area contributed by atoms with E-state index in [-0.39, 0.29) is 17.5 Å². The van der Waals surface area contributed by atoms with Crippen LogP contribution in [0, 0.1) is 5.82 Å². The first kappa shape index (κ1) is 17.4. The van der Waals surface area contributed by atoms with Gasteiger partial charge in [-0.25, -0.2) is 4.39 Å². The molecule has 0 aliphatic heterocycles. The van der Waals surface area contributed by atoms with Crippen molar-refractivity contribution >= 4 is 11.6 Å². The molecule has 1 atom stereocenters. The molecule has 0 saturated carbocycles. The number of hydrogen-bond donors (Lipinski definition) is 1. The van der Waals surface area contributed by atoms with Gasteiger partial charge in [-0.1, -0.05) is 18.5 Å². The van der Waals surface area contributed by atoms with Gasteiger partial charge in [0.25, 0.3) is 0 Å². The molecule has 4 heteroatoms. The van der Waals surface area contributed by atoms with Crippen LogP contribution in [0.2, 0.25) is 5.02 Å². The molecule has 0 aliphatic carbocycles. The Hall–Kier alpha value is -0.640. The third-order valence-electron chi connectivity index (χ3n) is 2.87. The van der Waals surface area contributed by atoms with Crippen LogP contribution in [-0.4, -0.2) is 24.8 Å². The van der Waals surface area contributed by atoms with Crippen LogP contribution in [0.3, 0.4) is 0 Å². The number of rotatable bonds is 7. The van der Waals surface area contributed by atoms with Gasteiger partial charge in [-0.2, -0.15) is 0 Å². The van der Waals surface area contributed by atoms with Crippen LogP contribution in [0.5, 0.6) is 0 Å². The lowest BCUT2D eigenvalue weighted by Crippen LogP contribution is -2.38. The lowest BCUT2D eigenvalue weighted by atomic mass is 10.1. The monoisotopic (exact) mass is 301 g/mol. The number of hydrogen-bond acceptors (Lipinski definition) is 2. The molecule has 1 N–H and O–H groups in total. The average Bonchev–Trinajstić information content (AvgIpc) is 2.36. The second-order valence-corrected chi connectivity index (χ2v) is 6.45. The molecule has 0 fully saturated rings. The fourth-order valence-electron chi connectivity index (χ4n) is 1.85. The summed E-state index contributed by atoms with van der Waals surface area (Å²) in [7, 11) is 0. The predicted octanol–water partition coefficient (Wildman–Crippen LogP) is 4.20. The Morgan fingerprint density at radius 1 is 1.35 bits per heavy atom. The van der Waals surface area contributed by atoms with E-state index in [0.717, 1.165) is 13.0 Å². The highest BCUT2D eigenvalue weighted by Gasteiger charge is 2.17. The number of benzene rings is 1. The lowest BCUT2D eigenvalue weighted by molar-refractivity contribution is -0.0144. The summed E-state index contributed by atoms with van der Waals surface area (Å²) in [6, 6.07) is 4.76. The van der Waals surface area contributed by atoms with Gasteiger partial charge >= 0.3 is 0 Å². The van der Waals surface area contributed by atoms with Crippen LogP contribution >= 0.6 is 11.6 Å². The zero-order valence-corrected chi connectivity index (χ0v) is 13.6. The van der Waals surface area contributed by atoms with Crippen molar-refractivity contribution in [3.63, 3.8) is 0 Å². The largest absolute Gasteiger partial charge is 0.374 e. The summed E-state index contributed by atoms with van der Waals surface area (Å²) >= 11 is 5.94. The van der Waals surface area contributed by atoms with Gasteiger partial charge < -0.3 is 10.1 Å². The Labute approximate surface area is 126 Å². The van der Waals surface area contributed by atoms with Crippen molar-refractivity contribution in [3.05, 3.63) is 34.6 Å². The number of ether oxygens (including phenoxy) is 1. The van der Waals surface area contributed by atoms with E-state index < -0.39 is 0 Å². The minimum atomic E-state index is -0.214. The summed E-state index contributed by atoms with van der Waals surface area (Å²) < 4.78 is 19.6. The minimum Gasteiger partial charge on any atom is -0.374 e. The van der Waals surface area contributed by atoms with E-state index in [9.17, 15) is 4.39 Å². The van der Waals surface area contributed by atoms with Crippen molar-refractivity contribution in [1.29, 1.82) is 0 Å². The summed E-state index contributed by atoms with van der Waals surface area (Å²) in [4.78, 5) is 0. The van der Waals surface area contributed by atoms with Crippen LogP contribution in [-0.2, 0) is 11.2 Å². The molecule has 1 rings (SSSR count). The summed E-state index contributed by atoms with van der Waals surface area (Å²) in [5.41, 5.74) is 0.433. The predicted molar refractivity (Wildman–Crippen MR) is 82.9 cm³/mol. The molecule has 0 amide bonds. The smallest absolute Gasteiger partial charge is 0.126 e. The normalized spacial score (nSPS) is 13.5. The van der Waals surface area contributed by atoms with E-state index in [1.807, 2.05) is 20.8 Å². The van der Waals surface area contributed by atoms with E-state index in [2.05, 4.69) is 12.2 Å². The van der Waals surface area contributed by atoms with Crippen molar-refractivity contribution in [2.45, 2.75) is 52.2 Å². The maximum absolute atomic E-state index is 13.8. The van der Waals surface area contributed by atoms with Gasteiger partial charge in [0.2, 0.25) is 0 Å². The first-order valence-corrected chi connectivity index (χ1v) is 7.51. The van der Waals surface area contributed by atoms with Crippen molar-refractivity contribution in [2.75, 3.05) is 13.2 Å². The van der Waals surface area contributed by atoms with Crippen molar-refractivity contribution < 1.29 is 9.13 Å². The van der Waals surface area contributed by atoms with E-state index in [1.165, 1.54) is 6.07 Å². The van der Waals surface area contributed by atoms with Gasteiger partial charge in [-0.15, -0.1) is 0 Å². The molecule has 0 heterocycles. The van der Waals surface area contributed by atoms with Crippen molar-refractivity contribution in [2.24, 2.45) is 0 Å². The highest BCUT2D eigenvalue weighted by molar-refractivity contribution is 6.30. The Balaban J connectivity index is 2.70. The molecule has 1 unspecified atom stereocenters. The molecule has 0 spiro atoms. The Morgan fingerprint density at radius 2 is 2.05 bits per heavy atom. The molecule has 0 radical (unpaired) electrons. The van der Waals surface area contributed by atoms with Crippen LogP contribution in [0.4, 0.5) is 4.39 Å². The first-order chi connectivity index (χ1) is 9.31. The molecule has 114 valence electrons. The molecule has 20 heavy (non-hydrogen) atoms. The zero-order chi connectivity index (χ0) is 15.2. The van der Waals surface area contributed by atoms with Gasteiger partial charge in [0, 0.05) is 11.1 Å².